The molecule has 1 saturated carbocycles. The first-order valence-electron chi connectivity index (χ1n) is 9.67. The molecule has 2 aliphatic rings. The molecule has 0 unspecified atom stereocenters. The first kappa shape index (κ1) is 18.7. The molecule has 28 heavy (non-hydrogen) atoms. The highest BCUT2D eigenvalue weighted by molar-refractivity contribution is 5.70. The number of carbonyl (C=O) groups excluding carboxylic acids is 1. The average molecular weight is 386 g/mol. The Kier molecular flexibility index (Phi) is 4.92. The second kappa shape index (κ2) is 7.38. The van der Waals surface area contributed by atoms with Gasteiger partial charge in [-0.15, -0.1) is 0 Å². The Bertz CT molecular complexity index is 834. The smallest absolute Gasteiger partial charge is 0.410 e. The van der Waals surface area contributed by atoms with Gasteiger partial charge in [0, 0.05) is 29.8 Å². The van der Waals surface area contributed by atoms with Crippen molar-refractivity contribution < 1.29 is 14.6 Å². The number of anilines is 2. The number of aromatic nitrogens is 4. The molecule has 0 radical (unpaired) electrons. The van der Waals surface area contributed by atoms with Crippen LogP contribution in [0.1, 0.15) is 56.8 Å². The van der Waals surface area contributed by atoms with Crippen molar-refractivity contribution in [2.24, 2.45) is 0 Å². The van der Waals surface area contributed by atoms with Crippen LogP contribution in [0.15, 0.2) is 18.5 Å². The predicted octanol–water partition coefficient (Wildman–Crippen LogP) is 2.69. The molecular formula is C19H26N6O3. The van der Waals surface area contributed by atoms with E-state index in [0.717, 1.165) is 37.9 Å². The van der Waals surface area contributed by atoms with Gasteiger partial charge in [-0.05, 0) is 39.5 Å². The molecule has 9 heteroatoms. The fourth-order valence-corrected chi connectivity index (χ4v) is 3.79. The quantitative estimate of drug-likeness (QED) is 0.723. The third-order valence-corrected chi connectivity index (χ3v) is 5.71. The Hall–Kier alpha value is -2.68. The highest BCUT2D eigenvalue weighted by Gasteiger charge is 2.41. The molecule has 0 aromatic carbocycles. The van der Waals surface area contributed by atoms with Crippen LogP contribution in [0.3, 0.4) is 0 Å². The number of rotatable bonds is 5. The van der Waals surface area contributed by atoms with E-state index in [2.05, 4.69) is 39.3 Å². The number of amides is 1. The normalized spacial score (nSPS) is 23.3. The van der Waals surface area contributed by atoms with Crippen molar-refractivity contribution in [1.29, 1.82) is 0 Å². The maximum Gasteiger partial charge on any atom is 0.410 e. The van der Waals surface area contributed by atoms with Gasteiger partial charge in [-0.1, -0.05) is 0 Å². The van der Waals surface area contributed by atoms with E-state index >= 15 is 0 Å². The maximum absolute atomic E-state index is 12.3. The van der Waals surface area contributed by atoms with Crippen molar-refractivity contribution in [1.82, 2.24) is 25.1 Å². The summed E-state index contributed by atoms with van der Waals surface area (Å²) in [6, 6.07) is 1.95. The summed E-state index contributed by atoms with van der Waals surface area (Å²) in [5, 5.41) is 19.5. The minimum absolute atomic E-state index is 0.0505. The summed E-state index contributed by atoms with van der Waals surface area (Å²) in [4.78, 5) is 22.4. The molecule has 150 valence electrons. The number of aromatic amines is 1. The second-order valence-electron chi connectivity index (χ2n) is 8.11. The van der Waals surface area contributed by atoms with Crippen molar-refractivity contribution in [2.75, 3.05) is 11.9 Å². The molecule has 3 heterocycles. The molecule has 0 bridgehead atoms. The minimum atomic E-state index is -0.196. The number of hydrogen-bond acceptors (Lipinski definition) is 7. The van der Waals surface area contributed by atoms with E-state index in [1.54, 1.807) is 6.20 Å². The lowest BCUT2D eigenvalue weighted by Gasteiger charge is -2.47. The molecule has 1 aliphatic heterocycles. The van der Waals surface area contributed by atoms with Crippen molar-refractivity contribution in [3.63, 3.8) is 0 Å². The van der Waals surface area contributed by atoms with Gasteiger partial charge in [-0.2, -0.15) is 5.10 Å². The number of ether oxygens (including phenoxy) is 1. The number of H-pyrrole nitrogens is 1. The van der Waals surface area contributed by atoms with Crippen LogP contribution < -0.4 is 5.32 Å². The second-order valence-corrected chi connectivity index (χ2v) is 8.11. The van der Waals surface area contributed by atoms with Crippen LogP contribution in [0.25, 0.3) is 0 Å². The van der Waals surface area contributed by atoms with Crippen molar-refractivity contribution in [3.05, 3.63) is 29.8 Å². The SMILES string of the molecule is CC1(C)CCN1C(=O)O[C@@H]1CC[C@H](c2cc(Nc3cnc(CO)cn3)n[nH]2)C1. The number of nitrogens with zero attached hydrogens (tertiary/aromatic N) is 4. The fourth-order valence-electron chi connectivity index (χ4n) is 3.79. The van der Waals surface area contributed by atoms with E-state index in [-0.39, 0.29) is 30.3 Å². The van der Waals surface area contributed by atoms with Gasteiger partial charge in [0.05, 0.1) is 24.7 Å². The van der Waals surface area contributed by atoms with E-state index in [9.17, 15) is 4.79 Å². The molecule has 2 atom stereocenters. The summed E-state index contributed by atoms with van der Waals surface area (Å²) >= 11 is 0. The fraction of sp³-hybridized carbons (Fsp3) is 0.579. The van der Waals surface area contributed by atoms with E-state index in [1.807, 2.05) is 11.0 Å². The van der Waals surface area contributed by atoms with Crippen LogP contribution in [0, 0.1) is 0 Å². The first-order chi connectivity index (χ1) is 13.4. The summed E-state index contributed by atoms with van der Waals surface area (Å²) in [5.74, 6) is 1.50. The first-order valence-corrected chi connectivity index (χ1v) is 9.67. The topological polar surface area (TPSA) is 116 Å². The molecular weight excluding hydrogens is 360 g/mol. The van der Waals surface area contributed by atoms with Crippen LogP contribution >= 0.6 is 0 Å². The van der Waals surface area contributed by atoms with Crippen LogP contribution in [0.5, 0.6) is 0 Å². The molecule has 9 nitrogen and oxygen atoms in total. The van der Waals surface area contributed by atoms with E-state index < -0.39 is 0 Å². The molecule has 4 rings (SSSR count). The van der Waals surface area contributed by atoms with Crippen LogP contribution in [-0.2, 0) is 11.3 Å². The average Bonchev–Trinajstić information content (AvgIpc) is 3.31. The molecule has 2 fully saturated rings. The third kappa shape index (κ3) is 3.80. The van der Waals surface area contributed by atoms with Gasteiger partial charge in [0.2, 0.25) is 0 Å². The molecule has 2 aromatic rings. The van der Waals surface area contributed by atoms with Gasteiger partial charge in [0.15, 0.2) is 5.82 Å². The zero-order chi connectivity index (χ0) is 19.7. The molecule has 3 N–H and O–H groups in total. The zero-order valence-electron chi connectivity index (χ0n) is 16.2. The molecule has 2 aromatic heterocycles. The Morgan fingerprint density at radius 1 is 1.36 bits per heavy atom. The van der Waals surface area contributed by atoms with E-state index in [4.69, 9.17) is 9.84 Å². The largest absolute Gasteiger partial charge is 0.446 e. The van der Waals surface area contributed by atoms with Gasteiger partial charge >= 0.3 is 6.09 Å². The third-order valence-electron chi connectivity index (χ3n) is 5.71. The number of aliphatic hydroxyl groups excluding tert-OH is 1. The summed E-state index contributed by atoms with van der Waals surface area (Å²) in [5.41, 5.74) is 1.45. The summed E-state index contributed by atoms with van der Waals surface area (Å²) in [6.07, 6.45) is 6.46. The Balaban J connectivity index is 1.31. The van der Waals surface area contributed by atoms with Gasteiger partial charge < -0.3 is 20.1 Å². The lowest BCUT2D eigenvalue weighted by molar-refractivity contribution is -0.0101. The lowest BCUT2D eigenvalue weighted by Crippen LogP contribution is -2.58. The van der Waals surface area contributed by atoms with Crippen molar-refractivity contribution >= 4 is 17.7 Å². The Labute approximate surface area is 163 Å². The maximum atomic E-state index is 12.3. The number of likely N-dealkylation sites (tertiary alicyclic amines) is 1. The highest BCUT2D eigenvalue weighted by atomic mass is 16.6. The predicted molar refractivity (Wildman–Crippen MR) is 102 cm³/mol. The van der Waals surface area contributed by atoms with Crippen molar-refractivity contribution in [2.45, 2.75) is 63.7 Å². The zero-order valence-corrected chi connectivity index (χ0v) is 16.2. The van der Waals surface area contributed by atoms with Crippen LogP contribution in [-0.4, -0.2) is 54.5 Å². The molecule has 0 spiro atoms. The van der Waals surface area contributed by atoms with E-state index in [1.165, 1.54) is 6.20 Å². The van der Waals surface area contributed by atoms with Crippen LogP contribution in [0.4, 0.5) is 16.4 Å². The number of aliphatic hydroxyl groups is 1. The Morgan fingerprint density at radius 2 is 2.21 bits per heavy atom. The number of carbonyl (C=O) groups is 1. The summed E-state index contributed by atoms with van der Waals surface area (Å²) < 4.78 is 5.73. The highest BCUT2D eigenvalue weighted by Crippen LogP contribution is 2.37. The van der Waals surface area contributed by atoms with E-state index in [0.29, 0.717) is 17.3 Å². The monoisotopic (exact) mass is 386 g/mol. The molecule has 1 saturated heterocycles. The molecule has 1 aliphatic carbocycles. The van der Waals surface area contributed by atoms with Gasteiger partial charge in [0.1, 0.15) is 11.9 Å². The van der Waals surface area contributed by atoms with Gasteiger partial charge in [-0.25, -0.2) is 9.78 Å². The lowest BCUT2D eigenvalue weighted by atomic mass is 9.90. The standard InChI is InChI=1S/C19H26N6O3/c1-19(2)5-6-25(19)18(27)28-14-4-3-12(7-14)15-8-16(24-23-15)22-17-10-20-13(11-26)9-21-17/h8-10,12,14,26H,3-7,11H2,1-2H3,(H2,21,22,23,24)/t12-,14+/m0/s1. The van der Waals surface area contributed by atoms with Crippen molar-refractivity contribution in [3.8, 4) is 0 Å². The summed E-state index contributed by atoms with van der Waals surface area (Å²) in [7, 11) is 0. The molecule has 1 amide bonds. The number of hydrogen-bond donors (Lipinski definition) is 3. The Morgan fingerprint density at radius 3 is 2.86 bits per heavy atom. The summed E-state index contributed by atoms with van der Waals surface area (Å²) in [6.45, 7) is 4.77. The number of nitrogens with one attached hydrogen (secondary N) is 2. The van der Waals surface area contributed by atoms with Gasteiger partial charge in [0.25, 0.3) is 0 Å². The van der Waals surface area contributed by atoms with Crippen LogP contribution in [0.2, 0.25) is 0 Å². The minimum Gasteiger partial charge on any atom is -0.446 e. The van der Waals surface area contributed by atoms with Gasteiger partial charge in [-0.3, -0.25) is 10.1 Å².